The van der Waals surface area contributed by atoms with Crippen molar-refractivity contribution in [3.63, 3.8) is 0 Å². The molecule has 1 aromatic heterocycles. The lowest BCUT2D eigenvalue weighted by Crippen LogP contribution is -2.38. The van der Waals surface area contributed by atoms with Gasteiger partial charge in [-0.15, -0.1) is 0 Å². The van der Waals surface area contributed by atoms with Crippen LogP contribution in [0.5, 0.6) is 5.75 Å². The van der Waals surface area contributed by atoms with E-state index >= 15 is 0 Å². The third-order valence-electron chi connectivity index (χ3n) is 6.55. The third-order valence-corrected chi connectivity index (χ3v) is 6.55. The molecule has 1 fully saturated rings. The molecule has 5 rings (SSSR count). The van der Waals surface area contributed by atoms with Crippen molar-refractivity contribution < 1.29 is 14.3 Å². The summed E-state index contributed by atoms with van der Waals surface area (Å²) in [5.74, 6) is 1.19. The number of fused-ring (bicyclic) bond motifs is 1. The van der Waals surface area contributed by atoms with Crippen molar-refractivity contribution in [2.75, 3.05) is 45.9 Å². The predicted octanol–water partition coefficient (Wildman–Crippen LogP) is 4.48. The molecule has 0 aliphatic carbocycles. The fourth-order valence-corrected chi connectivity index (χ4v) is 4.66. The van der Waals surface area contributed by atoms with E-state index in [1.165, 1.54) is 5.56 Å². The van der Waals surface area contributed by atoms with Crippen LogP contribution in [0.15, 0.2) is 83.3 Å². The van der Waals surface area contributed by atoms with Crippen molar-refractivity contribution in [3.05, 3.63) is 84.4 Å². The van der Waals surface area contributed by atoms with Gasteiger partial charge in [-0.1, -0.05) is 54.6 Å². The van der Waals surface area contributed by atoms with Crippen molar-refractivity contribution >= 4 is 11.1 Å². The summed E-state index contributed by atoms with van der Waals surface area (Å²) in [6.07, 6.45) is 1.63. The Bertz CT molecular complexity index is 1180. The molecule has 1 atom stereocenters. The Kier molecular flexibility index (Phi) is 7.73. The van der Waals surface area contributed by atoms with E-state index in [-0.39, 0.29) is 6.61 Å². The highest BCUT2D eigenvalue weighted by Crippen LogP contribution is 2.31. The minimum Gasteiger partial charge on any atom is -0.490 e. The van der Waals surface area contributed by atoms with Gasteiger partial charge in [-0.25, -0.2) is 4.98 Å². The Morgan fingerprint density at radius 3 is 2.49 bits per heavy atom. The third kappa shape index (κ3) is 6.28. The molecule has 6 heteroatoms. The van der Waals surface area contributed by atoms with Gasteiger partial charge in [-0.2, -0.15) is 0 Å². The molecule has 182 valence electrons. The van der Waals surface area contributed by atoms with Crippen LogP contribution in [0.25, 0.3) is 22.6 Å². The molecular weight excluding hydrogens is 438 g/mol. The molecule has 1 aliphatic rings. The average molecular weight is 472 g/mol. The van der Waals surface area contributed by atoms with E-state index in [1.54, 1.807) is 0 Å². The number of ether oxygens (including phenoxy) is 1. The molecule has 1 aliphatic heterocycles. The molecule has 4 aromatic rings. The largest absolute Gasteiger partial charge is 0.490 e. The summed E-state index contributed by atoms with van der Waals surface area (Å²) in [7, 11) is 0. The smallest absolute Gasteiger partial charge is 0.231 e. The molecule has 0 bridgehead atoms. The van der Waals surface area contributed by atoms with Crippen LogP contribution < -0.4 is 4.74 Å². The van der Waals surface area contributed by atoms with E-state index in [0.717, 1.165) is 62.2 Å². The maximum atomic E-state index is 10.7. The van der Waals surface area contributed by atoms with Crippen LogP contribution >= 0.6 is 0 Å². The van der Waals surface area contributed by atoms with E-state index in [9.17, 15) is 5.11 Å². The van der Waals surface area contributed by atoms with Gasteiger partial charge >= 0.3 is 0 Å². The Morgan fingerprint density at radius 2 is 1.60 bits per heavy atom. The molecule has 0 radical (unpaired) electrons. The van der Waals surface area contributed by atoms with Gasteiger partial charge in [0.25, 0.3) is 0 Å². The molecule has 0 saturated carbocycles. The fraction of sp³-hybridized carbons (Fsp3) is 0.345. The number of rotatable bonds is 9. The number of nitrogens with zero attached hydrogens (tertiary/aromatic N) is 3. The van der Waals surface area contributed by atoms with Crippen LogP contribution in [0.4, 0.5) is 0 Å². The van der Waals surface area contributed by atoms with Gasteiger partial charge in [0.05, 0.1) is 5.56 Å². The molecule has 0 amide bonds. The van der Waals surface area contributed by atoms with Gasteiger partial charge < -0.3 is 19.2 Å². The lowest BCUT2D eigenvalue weighted by atomic mass is 10.1. The van der Waals surface area contributed by atoms with Gasteiger partial charge in [0.15, 0.2) is 5.58 Å². The number of oxazole rings is 1. The Labute approximate surface area is 206 Å². The fourth-order valence-electron chi connectivity index (χ4n) is 4.66. The summed E-state index contributed by atoms with van der Waals surface area (Å²) in [6.45, 7) is 6.01. The zero-order valence-electron chi connectivity index (χ0n) is 20.1. The summed E-state index contributed by atoms with van der Waals surface area (Å²) in [5.41, 5.74) is 3.74. The van der Waals surface area contributed by atoms with E-state index in [1.807, 2.05) is 48.5 Å². The summed E-state index contributed by atoms with van der Waals surface area (Å²) in [6, 6.07) is 26.1. The van der Waals surface area contributed by atoms with Gasteiger partial charge in [0.2, 0.25) is 5.89 Å². The summed E-state index contributed by atoms with van der Waals surface area (Å²) in [5, 5.41) is 10.7. The lowest BCUT2D eigenvalue weighted by molar-refractivity contribution is 0.0695. The zero-order valence-corrected chi connectivity index (χ0v) is 20.1. The van der Waals surface area contributed by atoms with Gasteiger partial charge in [-0.05, 0) is 55.8 Å². The first-order chi connectivity index (χ1) is 17.2. The van der Waals surface area contributed by atoms with Gasteiger partial charge in [0.1, 0.15) is 24.0 Å². The van der Waals surface area contributed by atoms with Crippen molar-refractivity contribution in [2.45, 2.75) is 18.9 Å². The molecule has 6 nitrogen and oxygen atoms in total. The molecule has 2 heterocycles. The van der Waals surface area contributed by atoms with Crippen molar-refractivity contribution in [1.82, 2.24) is 14.8 Å². The second kappa shape index (κ2) is 11.5. The van der Waals surface area contributed by atoms with E-state index in [4.69, 9.17) is 9.15 Å². The number of aliphatic hydroxyl groups is 1. The lowest BCUT2D eigenvalue weighted by Gasteiger charge is -2.24. The van der Waals surface area contributed by atoms with Crippen LogP contribution in [-0.4, -0.2) is 71.9 Å². The van der Waals surface area contributed by atoms with Gasteiger partial charge in [-0.3, -0.25) is 4.90 Å². The standard InChI is InChI=1S/C29H33N3O3/c33-24(21-32-17-8-16-31(19-20-32)18-15-23-9-2-1-3-10-23)22-34-27-13-6-4-11-25(27)29-30-26-12-5-7-14-28(26)35-29/h1-7,9-14,24,33H,8,15-22H2. The molecule has 3 aromatic carbocycles. The Balaban J connectivity index is 1.12. The SMILES string of the molecule is OC(COc1ccccc1-c1nc2ccccc2o1)CN1CCCN(CCc2ccccc2)CC1. The van der Waals surface area contributed by atoms with Gasteiger partial charge in [0, 0.05) is 26.2 Å². The quantitative estimate of drug-likeness (QED) is 0.388. The molecular formula is C29H33N3O3. The van der Waals surface area contributed by atoms with E-state index in [0.29, 0.717) is 18.2 Å². The molecule has 1 saturated heterocycles. The Hall–Kier alpha value is -3.19. The summed E-state index contributed by atoms with van der Waals surface area (Å²) >= 11 is 0. The van der Waals surface area contributed by atoms with Crippen molar-refractivity contribution in [3.8, 4) is 17.2 Å². The number of aromatic nitrogens is 1. The maximum absolute atomic E-state index is 10.7. The number of hydrogen-bond donors (Lipinski definition) is 1. The monoisotopic (exact) mass is 471 g/mol. The zero-order chi connectivity index (χ0) is 23.9. The highest BCUT2D eigenvalue weighted by atomic mass is 16.5. The summed E-state index contributed by atoms with van der Waals surface area (Å²) in [4.78, 5) is 9.48. The topological polar surface area (TPSA) is 62.0 Å². The van der Waals surface area contributed by atoms with Crippen LogP contribution in [0.1, 0.15) is 12.0 Å². The van der Waals surface area contributed by atoms with Crippen LogP contribution in [-0.2, 0) is 6.42 Å². The summed E-state index contributed by atoms with van der Waals surface area (Å²) < 4.78 is 12.0. The number of hydrogen-bond acceptors (Lipinski definition) is 6. The number of benzene rings is 3. The number of para-hydroxylation sites is 3. The van der Waals surface area contributed by atoms with E-state index < -0.39 is 6.10 Å². The predicted molar refractivity (Wildman–Crippen MR) is 139 cm³/mol. The second-order valence-electron chi connectivity index (χ2n) is 9.18. The molecule has 1 N–H and O–H groups in total. The molecule has 0 spiro atoms. The maximum Gasteiger partial charge on any atom is 0.231 e. The molecule has 1 unspecified atom stereocenters. The average Bonchev–Trinajstić information content (AvgIpc) is 3.21. The first kappa shape index (κ1) is 23.5. The van der Waals surface area contributed by atoms with Crippen LogP contribution in [0, 0.1) is 0 Å². The second-order valence-corrected chi connectivity index (χ2v) is 9.18. The molecule has 35 heavy (non-hydrogen) atoms. The normalized spacial score (nSPS) is 16.3. The minimum atomic E-state index is -0.567. The highest BCUT2D eigenvalue weighted by molar-refractivity contribution is 5.77. The highest BCUT2D eigenvalue weighted by Gasteiger charge is 2.19. The minimum absolute atomic E-state index is 0.228. The van der Waals surface area contributed by atoms with Crippen LogP contribution in [0.2, 0.25) is 0 Å². The number of aliphatic hydroxyl groups excluding tert-OH is 1. The Morgan fingerprint density at radius 1 is 0.857 bits per heavy atom. The first-order valence-corrected chi connectivity index (χ1v) is 12.5. The van der Waals surface area contributed by atoms with Crippen LogP contribution in [0.3, 0.4) is 0 Å². The first-order valence-electron chi connectivity index (χ1n) is 12.5. The number of β-amino-alcohol motifs (C(OH)–C–C–N with tert-alkyl or cyclic N) is 1. The van der Waals surface area contributed by atoms with E-state index in [2.05, 4.69) is 45.1 Å². The van der Waals surface area contributed by atoms with Crippen molar-refractivity contribution in [1.29, 1.82) is 0 Å². The van der Waals surface area contributed by atoms with Crippen molar-refractivity contribution in [2.24, 2.45) is 0 Å².